The van der Waals surface area contributed by atoms with Crippen LogP contribution in [-0.2, 0) is 6.42 Å². The van der Waals surface area contributed by atoms with Crippen LogP contribution in [0.25, 0.3) is 0 Å². The van der Waals surface area contributed by atoms with Crippen LogP contribution in [0.3, 0.4) is 0 Å². The van der Waals surface area contributed by atoms with E-state index >= 15 is 0 Å². The summed E-state index contributed by atoms with van der Waals surface area (Å²) in [6.45, 7) is 3.74. The van der Waals surface area contributed by atoms with E-state index in [-0.39, 0.29) is 0 Å². The summed E-state index contributed by atoms with van der Waals surface area (Å²) in [5.74, 6) is 3.69. The van der Waals surface area contributed by atoms with Gasteiger partial charge in [-0.05, 0) is 31.4 Å². The van der Waals surface area contributed by atoms with Gasteiger partial charge in [-0.25, -0.2) is 9.97 Å². The summed E-state index contributed by atoms with van der Waals surface area (Å²) in [7, 11) is 0. The maximum absolute atomic E-state index is 5.32. The molecule has 1 aliphatic heterocycles. The molecule has 0 N–H and O–H groups in total. The molecule has 3 aromatic rings. The summed E-state index contributed by atoms with van der Waals surface area (Å²) in [6.07, 6.45) is 4.61. The van der Waals surface area contributed by atoms with E-state index in [9.17, 15) is 0 Å². The van der Waals surface area contributed by atoms with E-state index in [4.69, 9.17) is 9.51 Å². The lowest BCUT2D eigenvalue weighted by atomic mass is 9.97. The fraction of sp³-hybridized carbons (Fsp3) is 0.368. The van der Waals surface area contributed by atoms with Crippen molar-refractivity contribution < 1.29 is 4.52 Å². The highest BCUT2D eigenvalue weighted by molar-refractivity contribution is 5.38. The first-order chi connectivity index (χ1) is 12.3. The number of hydrogen-bond donors (Lipinski definition) is 0. The number of nitrogens with zero attached hydrogens (tertiary/aromatic N) is 5. The van der Waals surface area contributed by atoms with Gasteiger partial charge < -0.3 is 9.42 Å². The molecule has 1 aliphatic rings. The highest BCUT2D eigenvalue weighted by Gasteiger charge is 2.25. The number of aromatic nitrogens is 4. The van der Waals surface area contributed by atoms with E-state index in [1.165, 1.54) is 5.56 Å². The zero-order chi connectivity index (χ0) is 17.1. The quantitative estimate of drug-likeness (QED) is 0.729. The lowest BCUT2D eigenvalue weighted by Crippen LogP contribution is -2.33. The van der Waals surface area contributed by atoms with Gasteiger partial charge in [0.1, 0.15) is 11.6 Å². The third kappa shape index (κ3) is 3.68. The van der Waals surface area contributed by atoms with Crippen molar-refractivity contribution in [1.82, 2.24) is 20.1 Å². The lowest BCUT2D eigenvalue weighted by molar-refractivity contribution is 0.327. The number of benzene rings is 1. The average molecular weight is 335 g/mol. The van der Waals surface area contributed by atoms with Gasteiger partial charge in [0.15, 0.2) is 5.82 Å². The van der Waals surface area contributed by atoms with E-state index in [0.717, 1.165) is 49.9 Å². The summed E-state index contributed by atoms with van der Waals surface area (Å²) in [5, 5.41) is 3.90. The molecule has 6 heteroatoms. The zero-order valence-corrected chi connectivity index (χ0v) is 14.3. The first-order valence-electron chi connectivity index (χ1n) is 8.69. The highest BCUT2D eigenvalue weighted by atomic mass is 16.5. The summed E-state index contributed by atoms with van der Waals surface area (Å²) in [4.78, 5) is 15.9. The van der Waals surface area contributed by atoms with Crippen LogP contribution in [0.1, 0.15) is 41.9 Å². The molecule has 1 aromatic carbocycles. The van der Waals surface area contributed by atoms with Crippen LogP contribution < -0.4 is 4.90 Å². The van der Waals surface area contributed by atoms with Crippen LogP contribution in [0.4, 0.5) is 5.82 Å². The maximum atomic E-state index is 5.32. The molecule has 2 aromatic heterocycles. The van der Waals surface area contributed by atoms with Crippen molar-refractivity contribution in [2.45, 2.75) is 32.1 Å². The summed E-state index contributed by atoms with van der Waals surface area (Å²) in [6, 6.07) is 12.3. The van der Waals surface area contributed by atoms with Crippen LogP contribution in [0.5, 0.6) is 0 Å². The molecule has 0 aliphatic carbocycles. The van der Waals surface area contributed by atoms with Crippen LogP contribution in [0.2, 0.25) is 0 Å². The third-order valence-electron chi connectivity index (χ3n) is 4.61. The van der Waals surface area contributed by atoms with E-state index in [2.05, 4.69) is 32.2 Å². The van der Waals surface area contributed by atoms with Gasteiger partial charge in [-0.15, -0.1) is 0 Å². The van der Waals surface area contributed by atoms with Crippen molar-refractivity contribution in [2.24, 2.45) is 0 Å². The number of piperidine rings is 1. The molecule has 0 bridgehead atoms. The maximum Gasteiger partial charge on any atom is 0.229 e. The minimum atomic E-state index is 0.350. The van der Waals surface area contributed by atoms with Gasteiger partial charge in [0.25, 0.3) is 0 Å². The van der Waals surface area contributed by atoms with Crippen molar-refractivity contribution in [2.75, 3.05) is 18.0 Å². The predicted octanol–water partition coefficient (Wildman–Crippen LogP) is 3.14. The number of rotatable bonds is 4. The van der Waals surface area contributed by atoms with Crippen molar-refractivity contribution in [3.05, 3.63) is 65.7 Å². The van der Waals surface area contributed by atoms with E-state index in [0.29, 0.717) is 11.7 Å². The molecule has 0 amide bonds. The number of hydrogen-bond acceptors (Lipinski definition) is 6. The van der Waals surface area contributed by atoms with Crippen LogP contribution >= 0.6 is 0 Å². The lowest BCUT2D eigenvalue weighted by Gasteiger charge is -2.31. The average Bonchev–Trinajstić information content (AvgIpc) is 3.09. The van der Waals surface area contributed by atoms with Crippen molar-refractivity contribution in [3.8, 4) is 0 Å². The van der Waals surface area contributed by atoms with Gasteiger partial charge in [-0.2, -0.15) is 4.98 Å². The molecular formula is C19H21N5O. The van der Waals surface area contributed by atoms with E-state index < -0.39 is 0 Å². The molecule has 0 spiro atoms. The van der Waals surface area contributed by atoms with Gasteiger partial charge in [-0.1, -0.05) is 35.5 Å². The molecule has 3 heterocycles. The Morgan fingerprint density at radius 2 is 1.88 bits per heavy atom. The Balaban J connectivity index is 1.42. The fourth-order valence-corrected chi connectivity index (χ4v) is 3.26. The Morgan fingerprint density at radius 3 is 2.60 bits per heavy atom. The minimum Gasteiger partial charge on any atom is -0.356 e. The number of aryl methyl sites for hydroxylation is 1. The van der Waals surface area contributed by atoms with Gasteiger partial charge in [-0.3, -0.25) is 0 Å². The Hall–Kier alpha value is -2.76. The largest absolute Gasteiger partial charge is 0.356 e. The van der Waals surface area contributed by atoms with Crippen molar-refractivity contribution >= 4 is 5.82 Å². The first-order valence-corrected chi connectivity index (χ1v) is 8.69. The van der Waals surface area contributed by atoms with Gasteiger partial charge in [0.05, 0.1) is 0 Å². The smallest absolute Gasteiger partial charge is 0.229 e. The molecule has 128 valence electrons. The topological polar surface area (TPSA) is 67.9 Å². The standard InChI is InChI=1S/C19H21N5O/c1-14-21-19(25-23-14)16-8-11-24(12-9-16)18-7-10-20-17(22-18)13-15-5-3-2-4-6-15/h2-7,10,16H,8-9,11-13H2,1H3. The Kier molecular flexibility index (Phi) is 4.41. The first kappa shape index (κ1) is 15.7. The van der Waals surface area contributed by atoms with Crippen molar-refractivity contribution in [3.63, 3.8) is 0 Å². The third-order valence-corrected chi connectivity index (χ3v) is 4.61. The molecule has 0 radical (unpaired) electrons. The normalized spacial score (nSPS) is 15.5. The van der Waals surface area contributed by atoms with Gasteiger partial charge in [0.2, 0.25) is 5.89 Å². The van der Waals surface area contributed by atoms with E-state index in [1.54, 1.807) is 0 Å². The fourth-order valence-electron chi connectivity index (χ4n) is 3.26. The second-order valence-electron chi connectivity index (χ2n) is 6.43. The monoisotopic (exact) mass is 335 g/mol. The second-order valence-corrected chi connectivity index (χ2v) is 6.43. The molecule has 4 rings (SSSR count). The predicted molar refractivity (Wildman–Crippen MR) is 94.5 cm³/mol. The molecule has 6 nitrogen and oxygen atoms in total. The molecule has 0 saturated carbocycles. The second kappa shape index (κ2) is 7.01. The molecular weight excluding hydrogens is 314 g/mol. The van der Waals surface area contributed by atoms with E-state index in [1.807, 2.05) is 37.4 Å². The molecule has 1 fully saturated rings. The molecule has 25 heavy (non-hydrogen) atoms. The Morgan fingerprint density at radius 1 is 1.08 bits per heavy atom. The SMILES string of the molecule is Cc1noc(C2CCN(c3ccnc(Cc4ccccc4)n3)CC2)n1. The minimum absolute atomic E-state index is 0.350. The zero-order valence-electron chi connectivity index (χ0n) is 14.3. The number of anilines is 1. The molecule has 0 unspecified atom stereocenters. The molecule has 0 atom stereocenters. The summed E-state index contributed by atoms with van der Waals surface area (Å²) >= 11 is 0. The van der Waals surface area contributed by atoms with Gasteiger partial charge >= 0.3 is 0 Å². The van der Waals surface area contributed by atoms with Crippen molar-refractivity contribution in [1.29, 1.82) is 0 Å². The summed E-state index contributed by atoms with van der Waals surface area (Å²) in [5.41, 5.74) is 1.23. The van der Waals surface area contributed by atoms with Crippen LogP contribution in [0.15, 0.2) is 47.1 Å². The summed E-state index contributed by atoms with van der Waals surface area (Å²) < 4.78 is 5.32. The Bertz CT molecular complexity index is 825. The molecule has 1 saturated heterocycles. The van der Waals surface area contributed by atoms with Gasteiger partial charge in [0, 0.05) is 31.6 Å². The Labute approximate surface area is 146 Å². The van der Waals surface area contributed by atoms with Crippen LogP contribution in [0, 0.1) is 6.92 Å². The highest BCUT2D eigenvalue weighted by Crippen LogP contribution is 2.28. The van der Waals surface area contributed by atoms with Crippen LogP contribution in [-0.4, -0.2) is 33.2 Å².